The quantitative estimate of drug-likeness (QED) is 0.752. The molecule has 0 radical (unpaired) electrons. The third-order valence-electron chi connectivity index (χ3n) is 1.87. The molecule has 1 aromatic carbocycles. The van der Waals surface area contributed by atoms with Gasteiger partial charge in [-0.25, -0.2) is 4.39 Å². The summed E-state index contributed by atoms with van der Waals surface area (Å²) in [6.07, 6.45) is 0. The van der Waals surface area contributed by atoms with E-state index in [1.54, 1.807) is 13.0 Å². The van der Waals surface area contributed by atoms with Gasteiger partial charge in [0.1, 0.15) is 5.82 Å². The summed E-state index contributed by atoms with van der Waals surface area (Å²) in [6, 6.07) is 4.13. The molecule has 4 heteroatoms. The molecule has 3 N–H and O–H groups in total. The number of aryl methyl sites for hydroxylation is 1. The van der Waals surface area contributed by atoms with Crippen LogP contribution in [0.2, 0.25) is 0 Å². The van der Waals surface area contributed by atoms with Crippen LogP contribution in [0.5, 0.6) is 0 Å². The van der Waals surface area contributed by atoms with Crippen molar-refractivity contribution >= 4 is 5.91 Å². The monoisotopic (exact) mass is 196 g/mol. The summed E-state index contributed by atoms with van der Waals surface area (Å²) in [5.41, 5.74) is 6.34. The molecule has 1 rings (SSSR count). The van der Waals surface area contributed by atoms with Gasteiger partial charge in [0.2, 0.25) is 0 Å². The lowest BCUT2D eigenvalue weighted by Gasteiger charge is -2.06. The maximum Gasteiger partial charge on any atom is 0.251 e. The Morgan fingerprint density at radius 3 is 2.93 bits per heavy atom. The summed E-state index contributed by atoms with van der Waals surface area (Å²) >= 11 is 0. The molecule has 0 spiro atoms. The van der Waals surface area contributed by atoms with Crippen molar-refractivity contribution in [1.82, 2.24) is 5.32 Å². The molecule has 0 aromatic heterocycles. The zero-order valence-electron chi connectivity index (χ0n) is 8.01. The largest absolute Gasteiger partial charge is 0.351 e. The Morgan fingerprint density at radius 1 is 1.57 bits per heavy atom. The molecule has 0 aliphatic carbocycles. The van der Waals surface area contributed by atoms with Crippen molar-refractivity contribution < 1.29 is 9.18 Å². The van der Waals surface area contributed by atoms with Crippen LogP contribution in [-0.4, -0.2) is 19.0 Å². The number of hydrogen-bond acceptors (Lipinski definition) is 2. The van der Waals surface area contributed by atoms with Crippen LogP contribution in [0.25, 0.3) is 0 Å². The Kier molecular flexibility index (Phi) is 3.59. The van der Waals surface area contributed by atoms with E-state index in [4.69, 9.17) is 5.73 Å². The van der Waals surface area contributed by atoms with Gasteiger partial charge in [0.25, 0.3) is 5.91 Å². The number of hydrogen-bond donors (Lipinski definition) is 2. The zero-order valence-corrected chi connectivity index (χ0v) is 8.01. The van der Waals surface area contributed by atoms with Gasteiger partial charge in [-0.05, 0) is 24.6 Å². The fourth-order valence-corrected chi connectivity index (χ4v) is 1.12. The van der Waals surface area contributed by atoms with E-state index in [0.29, 0.717) is 18.7 Å². The molecule has 0 fully saturated rings. The minimum Gasteiger partial charge on any atom is -0.351 e. The first-order chi connectivity index (χ1) is 6.65. The van der Waals surface area contributed by atoms with Gasteiger partial charge in [-0.1, -0.05) is 6.07 Å². The molecule has 0 heterocycles. The van der Waals surface area contributed by atoms with Crippen LogP contribution in [0.3, 0.4) is 0 Å². The first kappa shape index (κ1) is 10.7. The fraction of sp³-hybridized carbons (Fsp3) is 0.300. The molecule has 0 aliphatic heterocycles. The second-order valence-electron chi connectivity index (χ2n) is 3.00. The predicted molar refractivity (Wildman–Crippen MR) is 52.5 cm³/mol. The third kappa shape index (κ3) is 2.53. The zero-order chi connectivity index (χ0) is 10.6. The van der Waals surface area contributed by atoms with E-state index in [2.05, 4.69) is 5.32 Å². The van der Waals surface area contributed by atoms with Crippen molar-refractivity contribution in [3.63, 3.8) is 0 Å². The van der Waals surface area contributed by atoms with Crippen LogP contribution in [0.15, 0.2) is 18.2 Å². The highest BCUT2D eigenvalue weighted by Gasteiger charge is 2.08. The molecule has 76 valence electrons. The van der Waals surface area contributed by atoms with Gasteiger partial charge in [0.15, 0.2) is 0 Å². The summed E-state index contributed by atoms with van der Waals surface area (Å²) in [5.74, 6) is -0.694. The van der Waals surface area contributed by atoms with Gasteiger partial charge in [-0.15, -0.1) is 0 Å². The Hall–Kier alpha value is -1.42. The van der Waals surface area contributed by atoms with E-state index >= 15 is 0 Å². The molecule has 1 aromatic rings. The summed E-state index contributed by atoms with van der Waals surface area (Å²) < 4.78 is 12.8. The molecule has 3 nitrogen and oxygen atoms in total. The van der Waals surface area contributed by atoms with E-state index in [1.165, 1.54) is 12.1 Å². The van der Waals surface area contributed by atoms with Gasteiger partial charge >= 0.3 is 0 Å². The van der Waals surface area contributed by atoms with Gasteiger partial charge in [-0.2, -0.15) is 0 Å². The predicted octanol–water partition coefficient (Wildman–Crippen LogP) is 0.823. The lowest BCUT2D eigenvalue weighted by molar-refractivity contribution is 0.0953. The van der Waals surface area contributed by atoms with Crippen LogP contribution in [-0.2, 0) is 0 Å². The molecule has 0 aliphatic rings. The van der Waals surface area contributed by atoms with Crippen molar-refractivity contribution in [2.75, 3.05) is 13.1 Å². The van der Waals surface area contributed by atoms with Crippen molar-refractivity contribution in [2.45, 2.75) is 6.92 Å². The normalized spacial score (nSPS) is 9.93. The highest BCUT2D eigenvalue weighted by atomic mass is 19.1. The molecule has 1 amide bonds. The molecule has 0 saturated heterocycles. The molecule has 0 bridgehead atoms. The maximum absolute atomic E-state index is 12.8. The maximum atomic E-state index is 12.8. The number of carbonyl (C=O) groups is 1. The van der Waals surface area contributed by atoms with Crippen molar-refractivity contribution in [3.8, 4) is 0 Å². The summed E-state index contributed by atoms with van der Waals surface area (Å²) in [5, 5.41) is 2.59. The highest BCUT2D eigenvalue weighted by Crippen LogP contribution is 2.09. The first-order valence-electron chi connectivity index (χ1n) is 4.39. The summed E-state index contributed by atoms with van der Waals surface area (Å²) in [7, 11) is 0. The summed E-state index contributed by atoms with van der Waals surface area (Å²) in [4.78, 5) is 11.4. The summed E-state index contributed by atoms with van der Waals surface area (Å²) in [6.45, 7) is 2.53. The molecule has 0 unspecified atom stereocenters. The minimum absolute atomic E-state index is 0.285. The van der Waals surface area contributed by atoms with E-state index in [-0.39, 0.29) is 5.91 Å². The minimum atomic E-state index is -0.409. The highest BCUT2D eigenvalue weighted by molar-refractivity contribution is 5.95. The standard InChI is InChI=1S/C10H13FN2O/c1-7-2-3-8(11)6-9(7)10(14)13-5-4-12/h2-3,6H,4-5,12H2,1H3,(H,13,14). The average Bonchev–Trinajstić information content (AvgIpc) is 2.18. The average molecular weight is 196 g/mol. The lowest BCUT2D eigenvalue weighted by atomic mass is 10.1. The Morgan fingerprint density at radius 2 is 2.29 bits per heavy atom. The van der Waals surface area contributed by atoms with Crippen LogP contribution >= 0.6 is 0 Å². The van der Waals surface area contributed by atoms with E-state index < -0.39 is 5.82 Å². The van der Waals surface area contributed by atoms with Crippen molar-refractivity contribution in [1.29, 1.82) is 0 Å². The van der Waals surface area contributed by atoms with Gasteiger partial charge in [0, 0.05) is 18.7 Å². The van der Waals surface area contributed by atoms with Gasteiger partial charge < -0.3 is 11.1 Å². The number of rotatable bonds is 3. The first-order valence-corrected chi connectivity index (χ1v) is 4.39. The second-order valence-corrected chi connectivity index (χ2v) is 3.00. The van der Waals surface area contributed by atoms with Gasteiger partial charge in [-0.3, -0.25) is 4.79 Å². The number of halogens is 1. The smallest absolute Gasteiger partial charge is 0.251 e. The van der Waals surface area contributed by atoms with Crippen molar-refractivity contribution in [3.05, 3.63) is 35.1 Å². The van der Waals surface area contributed by atoms with Crippen LogP contribution in [0.4, 0.5) is 4.39 Å². The van der Waals surface area contributed by atoms with Crippen molar-refractivity contribution in [2.24, 2.45) is 5.73 Å². The number of nitrogens with one attached hydrogen (secondary N) is 1. The molecular weight excluding hydrogens is 183 g/mol. The van der Waals surface area contributed by atoms with Crippen LogP contribution in [0, 0.1) is 12.7 Å². The number of amides is 1. The van der Waals surface area contributed by atoms with Gasteiger partial charge in [0.05, 0.1) is 0 Å². The van der Waals surface area contributed by atoms with E-state index in [0.717, 1.165) is 5.56 Å². The Labute approximate surface area is 82.1 Å². The van der Waals surface area contributed by atoms with E-state index in [9.17, 15) is 9.18 Å². The number of nitrogens with two attached hydrogens (primary N) is 1. The fourth-order valence-electron chi connectivity index (χ4n) is 1.12. The number of carbonyl (C=O) groups excluding carboxylic acids is 1. The lowest BCUT2D eigenvalue weighted by Crippen LogP contribution is -2.29. The molecule has 14 heavy (non-hydrogen) atoms. The topological polar surface area (TPSA) is 55.1 Å². The van der Waals surface area contributed by atoms with Crippen LogP contribution in [0.1, 0.15) is 15.9 Å². The van der Waals surface area contributed by atoms with E-state index in [1.807, 2.05) is 0 Å². The number of benzene rings is 1. The molecular formula is C10H13FN2O. The molecule has 0 saturated carbocycles. The Balaban J connectivity index is 2.83. The third-order valence-corrected chi connectivity index (χ3v) is 1.87. The second kappa shape index (κ2) is 4.72. The SMILES string of the molecule is Cc1ccc(F)cc1C(=O)NCCN. The Bertz CT molecular complexity index is 339. The molecule has 0 atom stereocenters. The van der Waals surface area contributed by atoms with Crippen LogP contribution < -0.4 is 11.1 Å².